The zero-order chi connectivity index (χ0) is 29.5. The quantitative estimate of drug-likeness (QED) is 0.241. The highest BCUT2D eigenvalue weighted by Crippen LogP contribution is 2.35. The molecule has 0 unspecified atom stereocenters. The molecule has 2 aromatic heterocycles. The van der Waals surface area contributed by atoms with Gasteiger partial charge in [-0.1, -0.05) is 32.0 Å². The third-order valence-corrected chi connectivity index (χ3v) is 8.82. The third kappa shape index (κ3) is 4.76. The molecule has 0 saturated heterocycles. The molecule has 2 heterocycles. The van der Waals surface area contributed by atoms with Gasteiger partial charge in [0.05, 0.1) is 0 Å². The number of hydrogen-bond acceptors (Lipinski definition) is 4. The lowest BCUT2D eigenvalue weighted by atomic mass is 9.89. The molecule has 0 amide bonds. The second-order valence-electron chi connectivity index (χ2n) is 10.6. The van der Waals surface area contributed by atoms with Crippen molar-refractivity contribution in [2.75, 3.05) is 0 Å². The Hall–Kier alpha value is -4.06. The molecule has 0 fully saturated rings. The molecule has 0 aliphatic heterocycles. The second-order valence-corrected chi connectivity index (χ2v) is 10.6. The van der Waals surface area contributed by atoms with Gasteiger partial charge in [-0.25, -0.2) is 9.97 Å². The van der Waals surface area contributed by atoms with Gasteiger partial charge in [-0.15, -0.1) is 0 Å². The van der Waals surface area contributed by atoms with E-state index in [1.54, 1.807) is 0 Å². The Balaban J connectivity index is 0.00000181. The Labute approximate surface area is 238 Å². The maximum atomic E-state index is 4.91. The molecule has 3 aromatic carbocycles. The van der Waals surface area contributed by atoms with Crippen LogP contribution < -0.4 is 0 Å². The molecule has 2 N–H and O–H groups in total. The topological polar surface area (TPSA) is 83.1 Å². The molecule has 0 aliphatic carbocycles. The predicted molar refractivity (Wildman–Crippen MR) is 167 cm³/mol. The lowest BCUT2D eigenvalue weighted by molar-refractivity contribution is 1.08. The van der Waals surface area contributed by atoms with E-state index in [9.17, 15) is 0 Å². The van der Waals surface area contributed by atoms with Crippen molar-refractivity contribution >= 4 is 0 Å². The van der Waals surface area contributed by atoms with E-state index in [4.69, 9.17) is 9.97 Å². The van der Waals surface area contributed by atoms with Crippen LogP contribution in [-0.4, -0.2) is 30.4 Å². The van der Waals surface area contributed by atoms with Crippen molar-refractivity contribution in [3.63, 3.8) is 0 Å². The lowest BCUT2D eigenvalue weighted by Gasteiger charge is -2.16. The van der Waals surface area contributed by atoms with Crippen molar-refractivity contribution in [3.8, 4) is 45.6 Å². The van der Waals surface area contributed by atoms with E-state index in [-0.39, 0.29) is 0 Å². The van der Waals surface area contributed by atoms with Crippen molar-refractivity contribution in [2.45, 2.75) is 83.1 Å². The number of nitrogens with one attached hydrogen (secondary N) is 2. The summed E-state index contributed by atoms with van der Waals surface area (Å²) in [6.45, 7) is 25.7. The number of rotatable bonds is 4. The van der Waals surface area contributed by atoms with E-state index in [1.807, 2.05) is 32.0 Å². The lowest BCUT2D eigenvalue weighted by Crippen LogP contribution is -2.00. The number of hydrogen-bond donors (Lipinski definition) is 2. The molecule has 0 bridgehead atoms. The normalized spacial score (nSPS) is 11.0. The predicted octanol–water partition coefficient (Wildman–Crippen LogP) is 8.70. The van der Waals surface area contributed by atoms with Crippen LogP contribution in [0.5, 0.6) is 0 Å². The van der Waals surface area contributed by atoms with E-state index in [2.05, 4.69) is 95.7 Å². The number of aromatic amines is 2. The van der Waals surface area contributed by atoms with Crippen LogP contribution in [0.25, 0.3) is 45.6 Å². The SMILES string of the molecule is CC.Cc1c(C)c(C)c(-c2nc(-c3cccc(-c4n[nH]c(-c5c(C)c(C)c(C)c(C)c5C)n4)c3)n[nH]2)c(C)c1C. The first-order chi connectivity index (χ1) is 19.0. The van der Waals surface area contributed by atoms with E-state index in [0.29, 0.717) is 11.6 Å². The minimum atomic E-state index is 0.656. The summed E-state index contributed by atoms with van der Waals surface area (Å²) >= 11 is 0. The van der Waals surface area contributed by atoms with Crippen LogP contribution in [0.2, 0.25) is 0 Å². The van der Waals surface area contributed by atoms with Gasteiger partial charge in [0.1, 0.15) is 0 Å². The largest absolute Gasteiger partial charge is 0.259 e. The summed E-state index contributed by atoms with van der Waals surface area (Å²) in [6.07, 6.45) is 0. The summed E-state index contributed by atoms with van der Waals surface area (Å²) in [5, 5.41) is 15.5. The van der Waals surface area contributed by atoms with Crippen LogP contribution in [0.15, 0.2) is 24.3 Å². The number of benzene rings is 3. The molecular formula is C34H42N6. The molecule has 208 valence electrons. The van der Waals surface area contributed by atoms with E-state index in [0.717, 1.165) is 33.9 Å². The number of nitrogens with zero attached hydrogens (tertiary/aromatic N) is 4. The highest BCUT2D eigenvalue weighted by atomic mass is 15.2. The van der Waals surface area contributed by atoms with Crippen molar-refractivity contribution in [1.82, 2.24) is 30.4 Å². The second kappa shape index (κ2) is 11.2. The standard InChI is InChI=1S/C32H36N6.C2H6/c1-15-17(3)21(7)27(22(8)18(15)4)31-33-29(35-37-31)25-12-11-13-26(14-25)30-34-32(38-36-30)28-23(9)19(5)16(2)20(6)24(28)10;1-2/h11-14H,1-10H3,(H,33,35,37)(H,34,36,38);1-2H3. The Morgan fingerprint density at radius 2 is 0.750 bits per heavy atom. The smallest absolute Gasteiger partial charge is 0.181 e. The molecule has 6 nitrogen and oxygen atoms in total. The average Bonchev–Trinajstić information content (AvgIpc) is 3.65. The Morgan fingerprint density at radius 1 is 0.450 bits per heavy atom. The van der Waals surface area contributed by atoms with E-state index >= 15 is 0 Å². The first kappa shape index (κ1) is 28.9. The zero-order valence-electron chi connectivity index (χ0n) is 26.1. The fourth-order valence-corrected chi connectivity index (χ4v) is 5.51. The van der Waals surface area contributed by atoms with Crippen molar-refractivity contribution in [1.29, 1.82) is 0 Å². The Morgan fingerprint density at radius 3 is 1.07 bits per heavy atom. The van der Waals surface area contributed by atoms with Gasteiger partial charge in [-0.05, 0) is 131 Å². The summed E-state index contributed by atoms with van der Waals surface area (Å²) in [5.41, 5.74) is 16.9. The van der Waals surface area contributed by atoms with E-state index in [1.165, 1.54) is 55.6 Å². The van der Waals surface area contributed by atoms with Gasteiger partial charge in [0.25, 0.3) is 0 Å². The van der Waals surface area contributed by atoms with Gasteiger partial charge in [0, 0.05) is 22.3 Å². The minimum Gasteiger partial charge on any atom is -0.259 e. The highest BCUT2D eigenvalue weighted by molar-refractivity contribution is 5.74. The average molecular weight is 535 g/mol. The molecule has 0 radical (unpaired) electrons. The van der Waals surface area contributed by atoms with Crippen molar-refractivity contribution in [2.24, 2.45) is 0 Å². The van der Waals surface area contributed by atoms with Crippen LogP contribution in [-0.2, 0) is 0 Å². The molecule has 6 heteroatoms. The Bertz CT molecular complexity index is 1540. The summed E-state index contributed by atoms with van der Waals surface area (Å²) in [7, 11) is 0. The van der Waals surface area contributed by atoms with Gasteiger partial charge >= 0.3 is 0 Å². The van der Waals surface area contributed by atoms with Gasteiger partial charge in [-0.3, -0.25) is 10.2 Å². The maximum Gasteiger partial charge on any atom is 0.181 e. The molecule has 5 aromatic rings. The van der Waals surface area contributed by atoms with Gasteiger partial charge < -0.3 is 0 Å². The van der Waals surface area contributed by atoms with Crippen LogP contribution in [0.4, 0.5) is 0 Å². The first-order valence-electron chi connectivity index (χ1n) is 14.1. The minimum absolute atomic E-state index is 0.656. The zero-order valence-corrected chi connectivity index (χ0v) is 26.1. The number of H-pyrrole nitrogens is 2. The monoisotopic (exact) mass is 534 g/mol. The van der Waals surface area contributed by atoms with Crippen LogP contribution in [0.3, 0.4) is 0 Å². The summed E-state index contributed by atoms with van der Waals surface area (Å²) in [6, 6.07) is 8.10. The highest BCUT2D eigenvalue weighted by Gasteiger charge is 2.19. The Kier molecular flexibility index (Phi) is 8.10. The summed E-state index contributed by atoms with van der Waals surface area (Å²) in [4.78, 5) is 9.81. The fraction of sp³-hybridized carbons (Fsp3) is 0.353. The van der Waals surface area contributed by atoms with Gasteiger partial charge in [0.15, 0.2) is 23.3 Å². The van der Waals surface area contributed by atoms with E-state index < -0.39 is 0 Å². The van der Waals surface area contributed by atoms with Crippen molar-refractivity contribution in [3.05, 3.63) is 79.9 Å². The summed E-state index contributed by atoms with van der Waals surface area (Å²) < 4.78 is 0. The number of aromatic nitrogens is 6. The van der Waals surface area contributed by atoms with Gasteiger partial charge in [-0.2, -0.15) is 10.2 Å². The molecule has 0 spiro atoms. The first-order valence-corrected chi connectivity index (χ1v) is 14.1. The van der Waals surface area contributed by atoms with Crippen LogP contribution in [0.1, 0.15) is 69.5 Å². The van der Waals surface area contributed by atoms with Crippen LogP contribution >= 0.6 is 0 Å². The third-order valence-electron chi connectivity index (χ3n) is 8.82. The van der Waals surface area contributed by atoms with Gasteiger partial charge in [0.2, 0.25) is 0 Å². The molecule has 0 aliphatic rings. The molecule has 5 rings (SSSR count). The molecule has 0 saturated carbocycles. The van der Waals surface area contributed by atoms with Crippen molar-refractivity contribution < 1.29 is 0 Å². The summed E-state index contributed by atoms with van der Waals surface area (Å²) in [5.74, 6) is 2.90. The maximum absolute atomic E-state index is 4.91. The molecular weight excluding hydrogens is 492 g/mol. The fourth-order valence-electron chi connectivity index (χ4n) is 5.51. The molecule has 0 atom stereocenters. The molecule has 40 heavy (non-hydrogen) atoms. The van der Waals surface area contributed by atoms with Crippen LogP contribution in [0, 0.1) is 69.2 Å².